The van der Waals surface area contributed by atoms with E-state index < -0.39 is 17.8 Å². The van der Waals surface area contributed by atoms with Crippen LogP contribution in [-0.4, -0.2) is 17.8 Å². The summed E-state index contributed by atoms with van der Waals surface area (Å²) in [5.41, 5.74) is 0.625. The Labute approximate surface area is 147 Å². The number of carbonyl (C=O) groups is 3. The lowest BCUT2D eigenvalue weighted by molar-refractivity contribution is -0.122. The van der Waals surface area contributed by atoms with Crippen molar-refractivity contribution in [2.75, 3.05) is 4.90 Å². The Morgan fingerprint density at radius 3 is 2.25 bits per heavy atom. The van der Waals surface area contributed by atoms with Gasteiger partial charge in [-0.1, -0.05) is 41.4 Å². The van der Waals surface area contributed by atoms with Crippen LogP contribution in [0.3, 0.4) is 0 Å². The van der Waals surface area contributed by atoms with Crippen molar-refractivity contribution < 1.29 is 14.4 Å². The quantitative estimate of drug-likeness (QED) is 0.656. The zero-order valence-corrected chi connectivity index (χ0v) is 13.6. The summed E-state index contributed by atoms with van der Waals surface area (Å²) in [5, 5.41) is 3.00. The fraction of sp³-hybridized carbons (Fsp3) is 0. The molecule has 0 saturated carbocycles. The molecule has 1 N–H and O–H groups in total. The SMILES string of the molecule is O=C1NC(=O)N(c2ccc(Cl)cc2)C(=O)/C1=C/c1ccccc1Cl. The number of carbonyl (C=O) groups excluding carboxylic acids is 3. The molecule has 7 heteroatoms. The van der Waals surface area contributed by atoms with E-state index in [1.54, 1.807) is 36.4 Å². The molecule has 0 aromatic heterocycles. The molecule has 0 spiro atoms. The fourth-order valence-corrected chi connectivity index (χ4v) is 2.55. The molecule has 1 aliphatic heterocycles. The van der Waals surface area contributed by atoms with E-state index in [2.05, 4.69) is 5.32 Å². The van der Waals surface area contributed by atoms with E-state index in [0.717, 1.165) is 4.90 Å². The molecule has 3 rings (SSSR count). The first kappa shape index (κ1) is 16.2. The van der Waals surface area contributed by atoms with Gasteiger partial charge < -0.3 is 0 Å². The molecule has 2 aromatic carbocycles. The van der Waals surface area contributed by atoms with Crippen molar-refractivity contribution in [2.24, 2.45) is 0 Å². The summed E-state index contributed by atoms with van der Waals surface area (Å²) in [5.74, 6) is -1.50. The molecule has 1 heterocycles. The third-order valence-corrected chi connectivity index (χ3v) is 3.99. The summed E-state index contributed by atoms with van der Waals surface area (Å²) in [6, 6.07) is 12.1. The number of benzene rings is 2. The lowest BCUT2D eigenvalue weighted by Crippen LogP contribution is -2.54. The summed E-state index contributed by atoms with van der Waals surface area (Å²) < 4.78 is 0. The molecule has 5 nitrogen and oxygen atoms in total. The lowest BCUT2D eigenvalue weighted by atomic mass is 10.1. The highest BCUT2D eigenvalue weighted by Crippen LogP contribution is 2.25. The van der Waals surface area contributed by atoms with Gasteiger partial charge in [0.2, 0.25) is 0 Å². The molecule has 24 heavy (non-hydrogen) atoms. The van der Waals surface area contributed by atoms with Crippen LogP contribution in [0.5, 0.6) is 0 Å². The van der Waals surface area contributed by atoms with E-state index in [0.29, 0.717) is 21.3 Å². The van der Waals surface area contributed by atoms with Crippen LogP contribution >= 0.6 is 23.2 Å². The maximum Gasteiger partial charge on any atom is 0.335 e. The van der Waals surface area contributed by atoms with Crippen molar-refractivity contribution in [3.05, 3.63) is 69.7 Å². The van der Waals surface area contributed by atoms with Gasteiger partial charge in [0.05, 0.1) is 5.69 Å². The number of rotatable bonds is 2. The number of urea groups is 1. The van der Waals surface area contributed by atoms with Gasteiger partial charge >= 0.3 is 6.03 Å². The smallest absolute Gasteiger partial charge is 0.273 e. The first-order valence-corrected chi connectivity index (χ1v) is 7.64. The maximum absolute atomic E-state index is 12.6. The van der Waals surface area contributed by atoms with Crippen LogP contribution in [0.1, 0.15) is 5.56 Å². The highest BCUT2D eigenvalue weighted by Gasteiger charge is 2.36. The molecular formula is C17H10Cl2N2O3. The molecule has 0 atom stereocenters. The molecule has 0 unspecified atom stereocenters. The third kappa shape index (κ3) is 3.04. The van der Waals surface area contributed by atoms with E-state index in [9.17, 15) is 14.4 Å². The Morgan fingerprint density at radius 2 is 1.58 bits per heavy atom. The van der Waals surface area contributed by atoms with Gasteiger partial charge in [-0.25, -0.2) is 9.69 Å². The summed E-state index contributed by atoms with van der Waals surface area (Å²) in [6.07, 6.45) is 1.36. The largest absolute Gasteiger partial charge is 0.335 e. The van der Waals surface area contributed by atoms with Gasteiger partial charge in [0.1, 0.15) is 5.57 Å². The monoisotopic (exact) mass is 360 g/mol. The molecule has 120 valence electrons. The predicted octanol–water partition coefficient (Wildman–Crippen LogP) is 3.66. The van der Waals surface area contributed by atoms with E-state index >= 15 is 0 Å². The molecule has 0 aliphatic carbocycles. The normalized spacial score (nSPS) is 16.5. The molecule has 0 bridgehead atoms. The van der Waals surface area contributed by atoms with Crippen molar-refractivity contribution in [1.29, 1.82) is 0 Å². The maximum atomic E-state index is 12.6. The van der Waals surface area contributed by atoms with Crippen LogP contribution in [-0.2, 0) is 9.59 Å². The number of hydrogen-bond donors (Lipinski definition) is 1. The zero-order valence-electron chi connectivity index (χ0n) is 12.1. The second-order valence-electron chi connectivity index (χ2n) is 4.96. The fourth-order valence-electron chi connectivity index (χ4n) is 2.23. The van der Waals surface area contributed by atoms with Gasteiger partial charge in [0, 0.05) is 10.0 Å². The summed E-state index contributed by atoms with van der Waals surface area (Å²) in [6.45, 7) is 0. The van der Waals surface area contributed by atoms with Gasteiger partial charge in [0.25, 0.3) is 11.8 Å². The van der Waals surface area contributed by atoms with E-state index in [1.165, 1.54) is 18.2 Å². The molecule has 4 amide bonds. The molecule has 0 radical (unpaired) electrons. The highest BCUT2D eigenvalue weighted by atomic mass is 35.5. The first-order chi connectivity index (χ1) is 11.5. The number of halogens is 2. The van der Waals surface area contributed by atoms with Crippen molar-refractivity contribution in [3.8, 4) is 0 Å². The minimum atomic E-state index is -0.816. The van der Waals surface area contributed by atoms with Gasteiger partial charge in [-0.05, 0) is 42.0 Å². The Morgan fingerprint density at radius 1 is 0.917 bits per heavy atom. The van der Waals surface area contributed by atoms with Crippen LogP contribution in [0.2, 0.25) is 10.0 Å². The second kappa shape index (κ2) is 6.47. The molecule has 1 fully saturated rings. The average molecular weight is 361 g/mol. The zero-order chi connectivity index (χ0) is 17.3. The minimum Gasteiger partial charge on any atom is -0.273 e. The summed E-state index contributed by atoms with van der Waals surface area (Å²) in [4.78, 5) is 37.6. The Kier molecular flexibility index (Phi) is 4.38. The topological polar surface area (TPSA) is 66.5 Å². The number of anilines is 1. The van der Waals surface area contributed by atoms with Crippen LogP contribution in [0.25, 0.3) is 6.08 Å². The number of imide groups is 2. The molecule has 1 aliphatic rings. The van der Waals surface area contributed by atoms with E-state index in [4.69, 9.17) is 23.2 Å². The van der Waals surface area contributed by atoms with Crippen LogP contribution in [0.4, 0.5) is 10.5 Å². The molecular weight excluding hydrogens is 351 g/mol. The minimum absolute atomic E-state index is 0.183. The van der Waals surface area contributed by atoms with Gasteiger partial charge in [-0.15, -0.1) is 0 Å². The number of amides is 4. The van der Waals surface area contributed by atoms with Crippen molar-refractivity contribution in [3.63, 3.8) is 0 Å². The van der Waals surface area contributed by atoms with E-state index in [1.807, 2.05) is 0 Å². The number of nitrogens with zero attached hydrogens (tertiary/aromatic N) is 1. The number of hydrogen-bond acceptors (Lipinski definition) is 3. The Bertz CT molecular complexity index is 876. The van der Waals surface area contributed by atoms with Crippen molar-refractivity contribution in [2.45, 2.75) is 0 Å². The van der Waals surface area contributed by atoms with Crippen LogP contribution in [0, 0.1) is 0 Å². The van der Waals surface area contributed by atoms with Gasteiger partial charge in [-0.2, -0.15) is 0 Å². The Hall–Kier alpha value is -2.63. The number of barbiturate groups is 1. The Balaban J connectivity index is 2.03. The molecule has 2 aromatic rings. The van der Waals surface area contributed by atoms with Gasteiger partial charge in [-0.3, -0.25) is 14.9 Å². The second-order valence-corrected chi connectivity index (χ2v) is 5.80. The van der Waals surface area contributed by atoms with Crippen molar-refractivity contribution in [1.82, 2.24) is 5.32 Å². The van der Waals surface area contributed by atoms with Crippen LogP contribution in [0.15, 0.2) is 54.1 Å². The van der Waals surface area contributed by atoms with Gasteiger partial charge in [0.15, 0.2) is 0 Å². The third-order valence-electron chi connectivity index (χ3n) is 3.39. The lowest BCUT2D eigenvalue weighted by Gasteiger charge is -2.26. The van der Waals surface area contributed by atoms with Crippen LogP contribution < -0.4 is 10.2 Å². The molecule has 1 saturated heterocycles. The van der Waals surface area contributed by atoms with E-state index in [-0.39, 0.29) is 5.57 Å². The highest BCUT2D eigenvalue weighted by molar-refractivity contribution is 6.40. The average Bonchev–Trinajstić information content (AvgIpc) is 2.54. The summed E-state index contributed by atoms with van der Waals surface area (Å²) >= 11 is 11.9. The standard InChI is InChI=1S/C17H10Cl2N2O3/c18-11-5-7-12(8-6-11)21-16(23)13(15(22)20-17(21)24)9-10-3-1-2-4-14(10)19/h1-9H,(H,20,22,24)/b13-9+. The predicted molar refractivity (Wildman–Crippen MR) is 91.9 cm³/mol. The number of nitrogens with one attached hydrogen (secondary N) is 1. The first-order valence-electron chi connectivity index (χ1n) is 6.89. The summed E-state index contributed by atoms with van der Waals surface area (Å²) in [7, 11) is 0. The van der Waals surface area contributed by atoms with Crippen molar-refractivity contribution >= 4 is 52.8 Å².